The van der Waals surface area contributed by atoms with Crippen molar-refractivity contribution in [2.45, 2.75) is 65.5 Å². The molecule has 1 saturated carbocycles. The third-order valence-electron chi connectivity index (χ3n) is 7.41. The van der Waals surface area contributed by atoms with Gasteiger partial charge in [0.05, 0.1) is 11.6 Å². The van der Waals surface area contributed by atoms with E-state index in [1.165, 1.54) is 12.8 Å². The van der Waals surface area contributed by atoms with Crippen molar-refractivity contribution in [2.24, 2.45) is 5.92 Å². The maximum atomic E-state index is 12.9. The van der Waals surface area contributed by atoms with Crippen LogP contribution in [-0.2, 0) is 17.8 Å². The van der Waals surface area contributed by atoms with Crippen molar-refractivity contribution in [3.05, 3.63) is 64.0 Å². The Balaban J connectivity index is 1.46. The number of carbonyl (C=O) groups is 2. The lowest BCUT2D eigenvalue weighted by Crippen LogP contribution is -2.54. The first kappa shape index (κ1) is 24.1. The number of piperazine rings is 1. The third-order valence-corrected chi connectivity index (χ3v) is 7.41. The summed E-state index contributed by atoms with van der Waals surface area (Å²) in [4.78, 5) is 34.5. The molecule has 0 bridgehead atoms. The molecule has 6 nitrogen and oxygen atoms in total. The fourth-order valence-electron chi connectivity index (χ4n) is 5.40. The average molecular weight is 459 g/mol. The van der Waals surface area contributed by atoms with Gasteiger partial charge in [0.2, 0.25) is 5.91 Å². The fraction of sp³-hybridized carbons (Fsp3) is 0.500. The van der Waals surface area contributed by atoms with Gasteiger partial charge in [-0.25, -0.2) is 0 Å². The SMILES string of the molecule is Cc1cc(C(=O)Cc2cc(C#N)cc(CN3CCN(C(=O)C4CCCC4)[C@@H](C)C3)c2C)ccn1. The van der Waals surface area contributed by atoms with Gasteiger partial charge in [-0.15, -0.1) is 0 Å². The Labute approximate surface area is 202 Å². The number of aryl methyl sites for hydroxylation is 1. The van der Waals surface area contributed by atoms with Gasteiger partial charge < -0.3 is 4.90 Å². The summed E-state index contributed by atoms with van der Waals surface area (Å²) in [5, 5.41) is 9.61. The molecule has 0 radical (unpaired) electrons. The maximum absolute atomic E-state index is 12.9. The Kier molecular flexibility index (Phi) is 7.43. The van der Waals surface area contributed by atoms with E-state index in [2.05, 4.69) is 27.8 Å². The van der Waals surface area contributed by atoms with E-state index in [0.717, 1.165) is 54.9 Å². The van der Waals surface area contributed by atoms with Crippen molar-refractivity contribution >= 4 is 11.7 Å². The van der Waals surface area contributed by atoms with Crippen LogP contribution >= 0.6 is 0 Å². The molecule has 0 spiro atoms. The zero-order chi connectivity index (χ0) is 24.2. The van der Waals surface area contributed by atoms with E-state index >= 15 is 0 Å². The highest BCUT2D eigenvalue weighted by Gasteiger charge is 2.33. The molecule has 1 amide bonds. The van der Waals surface area contributed by atoms with E-state index in [0.29, 0.717) is 23.6 Å². The molecule has 2 aromatic rings. The molecular formula is C28H34N4O2. The van der Waals surface area contributed by atoms with Gasteiger partial charge in [-0.3, -0.25) is 19.5 Å². The smallest absolute Gasteiger partial charge is 0.226 e. The van der Waals surface area contributed by atoms with Crippen LogP contribution in [0.25, 0.3) is 0 Å². The standard InChI is InChI=1S/C28H34N4O2/c1-19-12-24(8-9-30-19)27(33)15-25-13-22(16-29)14-26(21(25)3)18-31-10-11-32(20(2)17-31)28(34)23-6-4-5-7-23/h8-9,12-14,20,23H,4-7,10-11,15,17-18H2,1-3H3/t20-/m0/s1. The van der Waals surface area contributed by atoms with Gasteiger partial charge in [0.15, 0.2) is 5.78 Å². The minimum absolute atomic E-state index is 0.0299. The van der Waals surface area contributed by atoms with E-state index in [1.54, 1.807) is 18.3 Å². The van der Waals surface area contributed by atoms with Crippen molar-refractivity contribution in [3.8, 4) is 6.07 Å². The highest BCUT2D eigenvalue weighted by Crippen LogP contribution is 2.28. The average Bonchev–Trinajstić information content (AvgIpc) is 3.36. The van der Waals surface area contributed by atoms with E-state index in [9.17, 15) is 14.9 Å². The van der Waals surface area contributed by atoms with Crippen molar-refractivity contribution in [1.29, 1.82) is 5.26 Å². The van der Waals surface area contributed by atoms with E-state index < -0.39 is 0 Å². The number of amides is 1. The Hall–Kier alpha value is -3.04. The molecule has 0 unspecified atom stereocenters. The zero-order valence-corrected chi connectivity index (χ0v) is 20.5. The summed E-state index contributed by atoms with van der Waals surface area (Å²) in [6, 6.07) is 9.78. The number of rotatable bonds is 6. The highest BCUT2D eigenvalue weighted by atomic mass is 16.2. The second kappa shape index (κ2) is 10.5. The molecule has 2 aliphatic rings. The van der Waals surface area contributed by atoms with Crippen molar-refractivity contribution in [2.75, 3.05) is 19.6 Å². The molecule has 6 heteroatoms. The molecule has 4 rings (SSSR count). The number of Topliss-reactive ketones (excluding diaryl/α,β-unsaturated/α-hetero) is 1. The van der Waals surface area contributed by atoms with Crippen molar-refractivity contribution < 1.29 is 9.59 Å². The van der Waals surface area contributed by atoms with Gasteiger partial charge in [-0.1, -0.05) is 12.8 Å². The van der Waals surface area contributed by atoms with Gasteiger partial charge in [-0.05, 0) is 74.6 Å². The van der Waals surface area contributed by atoms with Crippen molar-refractivity contribution in [1.82, 2.24) is 14.8 Å². The van der Waals surface area contributed by atoms with Gasteiger partial charge in [-0.2, -0.15) is 5.26 Å². The molecule has 1 aliphatic heterocycles. The molecule has 1 aromatic heterocycles. The van der Waals surface area contributed by atoms with Gasteiger partial charge in [0.1, 0.15) is 0 Å². The number of pyridine rings is 1. The molecule has 2 fully saturated rings. The summed E-state index contributed by atoms with van der Waals surface area (Å²) in [5.74, 6) is 0.578. The molecule has 1 aromatic carbocycles. The van der Waals surface area contributed by atoms with Crippen LogP contribution in [-0.4, -0.2) is 52.2 Å². The first-order valence-corrected chi connectivity index (χ1v) is 12.4. The largest absolute Gasteiger partial charge is 0.337 e. The minimum atomic E-state index is 0.0299. The molecule has 0 N–H and O–H groups in total. The Morgan fingerprint density at radius 1 is 1.12 bits per heavy atom. The molecule has 34 heavy (non-hydrogen) atoms. The molecule has 1 aliphatic carbocycles. The lowest BCUT2D eigenvalue weighted by Gasteiger charge is -2.41. The molecular weight excluding hydrogens is 424 g/mol. The van der Waals surface area contributed by atoms with E-state index in [4.69, 9.17) is 0 Å². The summed E-state index contributed by atoms with van der Waals surface area (Å²) in [7, 11) is 0. The summed E-state index contributed by atoms with van der Waals surface area (Å²) in [6.07, 6.45) is 6.33. The van der Waals surface area contributed by atoms with Crippen LogP contribution in [0.15, 0.2) is 30.5 Å². The number of nitrogens with zero attached hydrogens (tertiary/aromatic N) is 4. The molecule has 1 atom stereocenters. The molecule has 178 valence electrons. The first-order valence-electron chi connectivity index (χ1n) is 12.4. The highest BCUT2D eigenvalue weighted by molar-refractivity contribution is 5.97. The topological polar surface area (TPSA) is 77.3 Å². The van der Waals surface area contributed by atoms with Crippen LogP contribution in [0.2, 0.25) is 0 Å². The maximum Gasteiger partial charge on any atom is 0.226 e. The van der Waals surface area contributed by atoms with Crippen LogP contribution in [0.1, 0.15) is 70.9 Å². The van der Waals surface area contributed by atoms with Gasteiger partial charge >= 0.3 is 0 Å². The van der Waals surface area contributed by atoms with Gasteiger partial charge in [0.25, 0.3) is 0 Å². The van der Waals surface area contributed by atoms with E-state index in [1.807, 2.05) is 26.0 Å². The summed E-state index contributed by atoms with van der Waals surface area (Å²) >= 11 is 0. The van der Waals surface area contributed by atoms with Crippen LogP contribution in [0.4, 0.5) is 0 Å². The van der Waals surface area contributed by atoms with Crippen LogP contribution in [0, 0.1) is 31.1 Å². The molecule has 2 heterocycles. The second-order valence-electron chi connectivity index (χ2n) is 9.91. The first-order chi connectivity index (χ1) is 16.4. The predicted octanol–water partition coefficient (Wildman–Crippen LogP) is 4.22. The Morgan fingerprint density at radius 3 is 2.53 bits per heavy atom. The Morgan fingerprint density at radius 2 is 1.85 bits per heavy atom. The number of ketones is 1. The summed E-state index contributed by atoms with van der Waals surface area (Å²) < 4.78 is 0. The van der Waals surface area contributed by atoms with Crippen molar-refractivity contribution in [3.63, 3.8) is 0 Å². The number of carbonyl (C=O) groups excluding carboxylic acids is 2. The minimum Gasteiger partial charge on any atom is -0.337 e. The van der Waals surface area contributed by atoms with Crippen LogP contribution in [0.3, 0.4) is 0 Å². The third kappa shape index (κ3) is 5.37. The van der Waals surface area contributed by atoms with Crippen LogP contribution in [0.5, 0.6) is 0 Å². The monoisotopic (exact) mass is 458 g/mol. The van der Waals surface area contributed by atoms with Crippen LogP contribution < -0.4 is 0 Å². The zero-order valence-electron chi connectivity index (χ0n) is 20.5. The number of benzene rings is 1. The Bertz CT molecular complexity index is 1110. The quantitative estimate of drug-likeness (QED) is 0.606. The number of hydrogen-bond donors (Lipinski definition) is 0. The second-order valence-corrected chi connectivity index (χ2v) is 9.91. The lowest BCUT2D eigenvalue weighted by molar-refractivity contribution is -0.140. The fourth-order valence-corrected chi connectivity index (χ4v) is 5.40. The number of hydrogen-bond acceptors (Lipinski definition) is 5. The summed E-state index contributed by atoms with van der Waals surface area (Å²) in [6.45, 7) is 9.16. The molecule has 1 saturated heterocycles. The van der Waals surface area contributed by atoms with Gasteiger partial charge in [0, 0.05) is 62.0 Å². The summed E-state index contributed by atoms with van der Waals surface area (Å²) in [5.41, 5.74) is 5.08. The van der Waals surface area contributed by atoms with E-state index in [-0.39, 0.29) is 24.2 Å². The predicted molar refractivity (Wildman–Crippen MR) is 131 cm³/mol. The lowest BCUT2D eigenvalue weighted by atomic mass is 9.93. The number of aromatic nitrogens is 1. The normalized spacial score (nSPS) is 19.2. The number of nitriles is 1.